The Morgan fingerprint density at radius 1 is 1.13 bits per heavy atom. The summed E-state index contributed by atoms with van der Waals surface area (Å²) in [6, 6.07) is 13.4. The molecule has 0 amide bonds. The van der Waals surface area contributed by atoms with Crippen LogP contribution in [-0.4, -0.2) is 29.5 Å². The van der Waals surface area contributed by atoms with E-state index in [4.69, 9.17) is 14.2 Å². The number of methoxy groups -OCH3 is 1. The van der Waals surface area contributed by atoms with Crippen molar-refractivity contribution in [3.8, 4) is 17.2 Å². The Kier molecular flexibility index (Phi) is 4.92. The fourth-order valence-corrected chi connectivity index (χ4v) is 4.00. The molecule has 31 heavy (non-hydrogen) atoms. The lowest BCUT2D eigenvalue weighted by Gasteiger charge is -2.30. The van der Waals surface area contributed by atoms with Crippen LogP contribution in [0, 0.1) is 6.92 Å². The highest BCUT2D eigenvalue weighted by Gasteiger charge is 2.33. The van der Waals surface area contributed by atoms with Gasteiger partial charge in [-0.3, -0.25) is 14.7 Å². The first kappa shape index (κ1) is 19.3. The topological polar surface area (TPSA) is 60.9 Å². The van der Waals surface area contributed by atoms with Gasteiger partial charge >= 0.3 is 0 Å². The zero-order chi connectivity index (χ0) is 21.4. The van der Waals surface area contributed by atoms with Crippen molar-refractivity contribution in [1.29, 1.82) is 0 Å². The number of fused-ring (bicyclic) bond motifs is 2. The van der Waals surface area contributed by atoms with Crippen LogP contribution in [0.2, 0.25) is 0 Å². The van der Waals surface area contributed by atoms with E-state index in [0.717, 1.165) is 34.7 Å². The Morgan fingerprint density at radius 3 is 2.65 bits per heavy atom. The Hall–Kier alpha value is -3.64. The molecule has 2 aromatic carbocycles. The molecule has 0 spiro atoms. The van der Waals surface area contributed by atoms with Gasteiger partial charge in [0.25, 0.3) is 0 Å². The van der Waals surface area contributed by atoms with Crippen LogP contribution < -0.4 is 14.2 Å². The normalized spacial score (nSPS) is 16.5. The lowest BCUT2D eigenvalue weighted by molar-refractivity contribution is 0.0876. The van der Waals surface area contributed by atoms with Gasteiger partial charge in [-0.2, -0.15) is 0 Å². The monoisotopic (exact) mass is 414 g/mol. The predicted octanol–water partition coefficient (Wildman–Crippen LogP) is 4.37. The van der Waals surface area contributed by atoms with Gasteiger partial charge in [0.05, 0.1) is 12.7 Å². The molecule has 6 nitrogen and oxygen atoms in total. The van der Waals surface area contributed by atoms with Crippen LogP contribution in [0.1, 0.15) is 32.6 Å². The molecule has 3 aromatic rings. The van der Waals surface area contributed by atoms with E-state index in [0.29, 0.717) is 30.3 Å². The number of hydrogen-bond donors (Lipinski definition) is 0. The zero-order valence-electron chi connectivity index (χ0n) is 17.4. The van der Waals surface area contributed by atoms with E-state index in [1.54, 1.807) is 25.6 Å². The number of pyridine rings is 1. The molecule has 2 aliphatic rings. The quantitative estimate of drug-likeness (QED) is 0.591. The highest BCUT2D eigenvalue weighted by molar-refractivity contribution is 6.15. The molecular weight excluding hydrogens is 392 g/mol. The second-order valence-electron chi connectivity index (χ2n) is 7.70. The average Bonchev–Trinajstić information content (AvgIpc) is 3.11. The van der Waals surface area contributed by atoms with Crippen molar-refractivity contribution in [2.24, 2.45) is 0 Å². The number of benzene rings is 2. The van der Waals surface area contributed by atoms with Crippen LogP contribution in [0.3, 0.4) is 0 Å². The van der Waals surface area contributed by atoms with Crippen molar-refractivity contribution in [1.82, 2.24) is 9.88 Å². The predicted molar refractivity (Wildman–Crippen MR) is 116 cm³/mol. The molecular formula is C25H22N2O4. The number of aromatic nitrogens is 1. The maximum atomic E-state index is 13.1. The van der Waals surface area contributed by atoms with Crippen molar-refractivity contribution in [3.63, 3.8) is 0 Å². The number of ether oxygens (including phenoxy) is 3. The maximum absolute atomic E-state index is 13.1. The number of carbonyl (C=O) groups excluding carboxylic acids is 1. The van der Waals surface area contributed by atoms with Crippen LogP contribution in [0.5, 0.6) is 17.2 Å². The first-order valence-corrected chi connectivity index (χ1v) is 10.1. The zero-order valence-corrected chi connectivity index (χ0v) is 17.4. The first-order valence-electron chi connectivity index (χ1n) is 10.1. The maximum Gasteiger partial charge on any atom is 0.231 e. The van der Waals surface area contributed by atoms with Crippen LogP contribution in [0.15, 0.2) is 60.6 Å². The third-order valence-electron chi connectivity index (χ3n) is 5.57. The van der Waals surface area contributed by atoms with Gasteiger partial charge in [-0.25, -0.2) is 0 Å². The number of Topliss-reactive ketones (excluding diaryl/α,β-unsaturated/α-hetero) is 1. The van der Waals surface area contributed by atoms with Crippen molar-refractivity contribution in [3.05, 3.63) is 88.4 Å². The first-order chi connectivity index (χ1) is 15.1. The molecule has 5 rings (SSSR count). The molecule has 0 atom stereocenters. The van der Waals surface area contributed by atoms with E-state index < -0.39 is 0 Å². The molecule has 0 saturated heterocycles. The van der Waals surface area contributed by atoms with Gasteiger partial charge in [-0.05, 0) is 54.5 Å². The Morgan fingerprint density at radius 2 is 1.90 bits per heavy atom. The molecule has 156 valence electrons. The highest BCUT2D eigenvalue weighted by Crippen LogP contribution is 2.43. The van der Waals surface area contributed by atoms with Crippen LogP contribution in [-0.2, 0) is 13.1 Å². The summed E-state index contributed by atoms with van der Waals surface area (Å²) in [7, 11) is 1.62. The third kappa shape index (κ3) is 3.66. The average molecular weight is 414 g/mol. The third-order valence-corrected chi connectivity index (χ3v) is 5.57. The minimum atomic E-state index is -0.108. The molecule has 0 bridgehead atoms. The SMILES string of the molecule is COc1ccc(C=C2Oc3c(cc4c(c3C)OCN(Cc3ccncc3)C4)C2=O)cc1. The Balaban J connectivity index is 1.41. The van der Waals surface area contributed by atoms with Gasteiger partial charge in [0.15, 0.2) is 5.76 Å². The van der Waals surface area contributed by atoms with Crippen molar-refractivity contribution in [2.75, 3.05) is 13.8 Å². The van der Waals surface area contributed by atoms with E-state index in [1.165, 1.54) is 5.56 Å². The van der Waals surface area contributed by atoms with Gasteiger partial charge in [0.2, 0.25) is 5.78 Å². The van der Waals surface area contributed by atoms with Crippen LogP contribution in [0.4, 0.5) is 0 Å². The fraction of sp³-hybridized carbons (Fsp3) is 0.200. The minimum absolute atomic E-state index is 0.108. The summed E-state index contributed by atoms with van der Waals surface area (Å²) >= 11 is 0. The summed E-state index contributed by atoms with van der Waals surface area (Å²) in [6.07, 6.45) is 5.34. The van der Waals surface area contributed by atoms with Crippen molar-refractivity contribution >= 4 is 11.9 Å². The van der Waals surface area contributed by atoms with Gasteiger partial charge in [-0.15, -0.1) is 0 Å². The molecule has 3 heterocycles. The summed E-state index contributed by atoms with van der Waals surface area (Å²) < 4.78 is 17.2. The highest BCUT2D eigenvalue weighted by atomic mass is 16.5. The van der Waals surface area contributed by atoms with Crippen molar-refractivity contribution in [2.45, 2.75) is 20.0 Å². The standard InChI is InChI=1S/C25H22N2O4/c1-16-24-19(14-27(15-30-24)13-18-7-9-26-10-8-18)12-21-23(28)22(31-25(16)21)11-17-3-5-20(29-2)6-4-17/h3-12H,13-15H2,1-2H3. The van der Waals surface area contributed by atoms with E-state index in [-0.39, 0.29) is 5.78 Å². The molecule has 0 fully saturated rings. The number of carbonyl (C=O) groups is 1. The number of nitrogens with zero attached hydrogens (tertiary/aromatic N) is 2. The molecule has 0 unspecified atom stereocenters. The van der Waals surface area contributed by atoms with Gasteiger partial charge in [-0.1, -0.05) is 12.1 Å². The number of allylic oxidation sites excluding steroid dienone is 1. The fourth-order valence-electron chi connectivity index (χ4n) is 4.00. The second kappa shape index (κ2) is 7.89. The molecule has 1 aromatic heterocycles. The summed E-state index contributed by atoms with van der Waals surface area (Å²) in [5.74, 6) is 2.37. The molecule has 2 aliphatic heterocycles. The lowest BCUT2D eigenvalue weighted by Crippen LogP contribution is -2.32. The summed E-state index contributed by atoms with van der Waals surface area (Å²) in [5.41, 5.74) is 4.50. The number of hydrogen-bond acceptors (Lipinski definition) is 6. The van der Waals surface area contributed by atoms with E-state index in [9.17, 15) is 4.79 Å². The largest absolute Gasteiger partial charge is 0.497 e. The Labute approximate surface area is 180 Å². The van der Waals surface area contributed by atoms with E-state index in [1.807, 2.05) is 49.4 Å². The van der Waals surface area contributed by atoms with E-state index >= 15 is 0 Å². The van der Waals surface area contributed by atoms with Gasteiger partial charge in [0.1, 0.15) is 24.0 Å². The van der Waals surface area contributed by atoms with E-state index in [2.05, 4.69) is 9.88 Å². The Bertz CT molecular complexity index is 1170. The van der Waals surface area contributed by atoms with Crippen LogP contribution in [0.25, 0.3) is 6.08 Å². The molecule has 0 radical (unpaired) electrons. The summed E-state index contributed by atoms with van der Waals surface area (Å²) in [5, 5.41) is 0. The molecule has 0 saturated carbocycles. The lowest BCUT2D eigenvalue weighted by atomic mass is 10.00. The van der Waals surface area contributed by atoms with Crippen molar-refractivity contribution < 1.29 is 19.0 Å². The number of rotatable bonds is 4. The minimum Gasteiger partial charge on any atom is -0.497 e. The smallest absolute Gasteiger partial charge is 0.231 e. The van der Waals surface area contributed by atoms with Gasteiger partial charge < -0.3 is 14.2 Å². The summed E-state index contributed by atoms with van der Waals surface area (Å²) in [4.78, 5) is 19.3. The molecule has 0 aliphatic carbocycles. The number of ketones is 1. The summed E-state index contributed by atoms with van der Waals surface area (Å²) in [6.45, 7) is 3.89. The van der Waals surface area contributed by atoms with Gasteiger partial charge in [0, 0.05) is 36.6 Å². The molecule has 6 heteroatoms. The second-order valence-corrected chi connectivity index (χ2v) is 7.70. The molecule has 0 N–H and O–H groups in total. The van der Waals surface area contributed by atoms with Crippen LogP contribution >= 0.6 is 0 Å².